The highest BCUT2D eigenvalue weighted by molar-refractivity contribution is 5.30. The van der Waals surface area contributed by atoms with E-state index >= 15 is 0 Å². The Labute approximate surface area is 114 Å². The lowest BCUT2D eigenvalue weighted by molar-refractivity contribution is 0.173. The van der Waals surface area contributed by atoms with Crippen molar-refractivity contribution in [3.63, 3.8) is 0 Å². The van der Waals surface area contributed by atoms with Gasteiger partial charge in [-0.2, -0.15) is 5.26 Å². The number of hydrogen-bond donors (Lipinski definition) is 1. The second-order valence-corrected chi connectivity index (χ2v) is 4.99. The minimum atomic E-state index is -0.658. The molecule has 0 aliphatic rings. The van der Waals surface area contributed by atoms with E-state index in [1.54, 1.807) is 25.1 Å². The SMILES string of the molecule is CCNC(C)(C#N)CC(C)Oc1cccc(C)c1F. The van der Waals surface area contributed by atoms with E-state index in [0.717, 1.165) is 0 Å². The Hall–Kier alpha value is -1.60. The normalized spacial score (nSPS) is 15.4. The van der Waals surface area contributed by atoms with Crippen molar-refractivity contribution in [3.8, 4) is 11.8 Å². The average Bonchev–Trinajstić information content (AvgIpc) is 2.35. The number of aryl methyl sites for hydroxylation is 1. The van der Waals surface area contributed by atoms with Gasteiger partial charge in [0.1, 0.15) is 5.54 Å². The number of halogens is 1. The third-order valence-electron chi connectivity index (χ3n) is 2.99. The zero-order chi connectivity index (χ0) is 14.5. The molecule has 1 aromatic rings. The van der Waals surface area contributed by atoms with Crippen LogP contribution in [-0.2, 0) is 0 Å². The van der Waals surface area contributed by atoms with Crippen LogP contribution >= 0.6 is 0 Å². The maximum absolute atomic E-state index is 13.8. The number of nitriles is 1. The van der Waals surface area contributed by atoms with E-state index in [0.29, 0.717) is 18.5 Å². The Morgan fingerprint density at radius 1 is 1.53 bits per heavy atom. The highest BCUT2D eigenvalue weighted by Gasteiger charge is 2.26. The van der Waals surface area contributed by atoms with Crippen LogP contribution in [0.1, 0.15) is 32.8 Å². The second-order valence-electron chi connectivity index (χ2n) is 4.99. The van der Waals surface area contributed by atoms with E-state index in [1.807, 2.05) is 20.8 Å². The molecule has 1 N–H and O–H groups in total. The summed E-state index contributed by atoms with van der Waals surface area (Å²) in [6.07, 6.45) is 0.241. The van der Waals surface area contributed by atoms with Crippen molar-refractivity contribution in [2.75, 3.05) is 6.54 Å². The maximum Gasteiger partial charge on any atom is 0.167 e. The van der Waals surface area contributed by atoms with Gasteiger partial charge in [0.2, 0.25) is 0 Å². The summed E-state index contributed by atoms with van der Waals surface area (Å²) in [4.78, 5) is 0. The molecule has 0 aliphatic heterocycles. The number of hydrogen-bond acceptors (Lipinski definition) is 3. The fourth-order valence-corrected chi connectivity index (χ4v) is 2.09. The molecule has 2 unspecified atom stereocenters. The van der Waals surface area contributed by atoms with E-state index in [1.165, 1.54) is 0 Å². The molecule has 0 aromatic heterocycles. The Bertz CT molecular complexity index is 470. The Balaban J connectivity index is 2.72. The van der Waals surface area contributed by atoms with Crippen LogP contribution in [0.5, 0.6) is 5.75 Å². The molecule has 1 aromatic carbocycles. The molecule has 2 atom stereocenters. The van der Waals surface area contributed by atoms with Gasteiger partial charge in [0, 0.05) is 6.42 Å². The van der Waals surface area contributed by atoms with Crippen LogP contribution in [0.15, 0.2) is 18.2 Å². The van der Waals surface area contributed by atoms with Crippen LogP contribution < -0.4 is 10.1 Å². The number of nitrogens with one attached hydrogen (secondary N) is 1. The highest BCUT2D eigenvalue weighted by Crippen LogP contribution is 2.23. The van der Waals surface area contributed by atoms with Gasteiger partial charge in [0.05, 0.1) is 12.2 Å². The van der Waals surface area contributed by atoms with Crippen LogP contribution in [-0.4, -0.2) is 18.2 Å². The van der Waals surface area contributed by atoms with Gasteiger partial charge < -0.3 is 4.74 Å². The summed E-state index contributed by atoms with van der Waals surface area (Å²) >= 11 is 0. The van der Waals surface area contributed by atoms with Crippen molar-refractivity contribution in [1.29, 1.82) is 5.26 Å². The van der Waals surface area contributed by atoms with Crippen molar-refractivity contribution >= 4 is 0 Å². The van der Waals surface area contributed by atoms with Crippen LogP contribution in [0.4, 0.5) is 4.39 Å². The van der Waals surface area contributed by atoms with Crippen LogP contribution in [0.25, 0.3) is 0 Å². The minimum Gasteiger partial charge on any atom is -0.488 e. The van der Waals surface area contributed by atoms with Gasteiger partial charge in [-0.15, -0.1) is 0 Å². The third-order valence-corrected chi connectivity index (χ3v) is 2.99. The first-order valence-electron chi connectivity index (χ1n) is 6.50. The van der Waals surface area contributed by atoms with E-state index in [2.05, 4.69) is 11.4 Å². The Kier molecular flexibility index (Phi) is 5.31. The lowest BCUT2D eigenvalue weighted by atomic mass is 9.96. The van der Waals surface area contributed by atoms with Gasteiger partial charge in [0.25, 0.3) is 0 Å². The first kappa shape index (κ1) is 15.5. The molecule has 19 heavy (non-hydrogen) atoms. The summed E-state index contributed by atoms with van der Waals surface area (Å²) in [5.41, 5.74) is -0.103. The molecule has 0 saturated carbocycles. The molecule has 0 radical (unpaired) electrons. The van der Waals surface area contributed by atoms with Gasteiger partial charge in [-0.05, 0) is 38.9 Å². The Morgan fingerprint density at radius 2 is 2.21 bits per heavy atom. The minimum absolute atomic E-state index is 0.240. The molecule has 0 aliphatic carbocycles. The largest absolute Gasteiger partial charge is 0.488 e. The summed E-state index contributed by atoms with van der Waals surface area (Å²) in [5, 5.41) is 12.3. The molecular weight excluding hydrogens is 243 g/mol. The van der Waals surface area contributed by atoms with E-state index in [4.69, 9.17) is 4.74 Å². The first-order chi connectivity index (χ1) is 8.91. The molecule has 4 heteroatoms. The number of ether oxygens (including phenoxy) is 1. The third kappa shape index (κ3) is 4.22. The van der Waals surface area contributed by atoms with Crippen LogP contribution in [0.2, 0.25) is 0 Å². The molecule has 0 amide bonds. The number of benzene rings is 1. The van der Waals surface area contributed by atoms with E-state index in [9.17, 15) is 9.65 Å². The predicted molar refractivity (Wildman–Crippen MR) is 73.5 cm³/mol. The zero-order valence-electron chi connectivity index (χ0n) is 12.0. The van der Waals surface area contributed by atoms with Gasteiger partial charge in [-0.25, -0.2) is 4.39 Å². The van der Waals surface area contributed by atoms with Crippen molar-refractivity contribution < 1.29 is 9.13 Å². The lowest BCUT2D eigenvalue weighted by Gasteiger charge is -2.26. The second kappa shape index (κ2) is 6.53. The summed E-state index contributed by atoms with van der Waals surface area (Å²) < 4.78 is 19.4. The molecule has 3 nitrogen and oxygen atoms in total. The van der Waals surface area contributed by atoms with Crippen molar-refractivity contribution in [2.45, 2.75) is 45.8 Å². The molecular formula is C15H21FN2O. The fraction of sp³-hybridized carbons (Fsp3) is 0.533. The number of rotatable bonds is 6. The monoisotopic (exact) mass is 264 g/mol. The van der Waals surface area contributed by atoms with Gasteiger partial charge in [0.15, 0.2) is 11.6 Å². The van der Waals surface area contributed by atoms with E-state index < -0.39 is 5.54 Å². The fourth-order valence-electron chi connectivity index (χ4n) is 2.09. The average molecular weight is 264 g/mol. The molecule has 0 fully saturated rings. The van der Waals surface area contributed by atoms with Gasteiger partial charge in [-0.1, -0.05) is 19.1 Å². The summed E-state index contributed by atoms with van der Waals surface area (Å²) in [6, 6.07) is 7.30. The molecule has 0 heterocycles. The first-order valence-corrected chi connectivity index (χ1v) is 6.50. The summed E-state index contributed by atoms with van der Waals surface area (Å²) in [5.74, 6) is -0.0965. The highest BCUT2D eigenvalue weighted by atomic mass is 19.1. The zero-order valence-corrected chi connectivity index (χ0v) is 12.0. The van der Waals surface area contributed by atoms with Crippen LogP contribution in [0, 0.1) is 24.1 Å². The molecule has 1 rings (SSSR count). The van der Waals surface area contributed by atoms with Crippen molar-refractivity contribution in [1.82, 2.24) is 5.32 Å². The lowest BCUT2D eigenvalue weighted by Crippen LogP contribution is -2.44. The Morgan fingerprint density at radius 3 is 2.79 bits per heavy atom. The number of nitrogens with zero attached hydrogens (tertiary/aromatic N) is 1. The maximum atomic E-state index is 13.8. The van der Waals surface area contributed by atoms with Crippen molar-refractivity contribution in [3.05, 3.63) is 29.6 Å². The predicted octanol–water partition coefficient (Wildman–Crippen LogP) is 3.18. The molecule has 0 bridgehead atoms. The summed E-state index contributed by atoms with van der Waals surface area (Å²) in [6.45, 7) is 8.01. The van der Waals surface area contributed by atoms with E-state index in [-0.39, 0.29) is 17.7 Å². The van der Waals surface area contributed by atoms with Gasteiger partial charge >= 0.3 is 0 Å². The van der Waals surface area contributed by atoms with Crippen LogP contribution in [0.3, 0.4) is 0 Å². The smallest absolute Gasteiger partial charge is 0.167 e. The summed E-state index contributed by atoms with van der Waals surface area (Å²) in [7, 11) is 0. The quantitative estimate of drug-likeness (QED) is 0.858. The van der Waals surface area contributed by atoms with Crippen molar-refractivity contribution in [2.24, 2.45) is 0 Å². The molecule has 0 saturated heterocycles. The van der Waals surface area contributed by atoms with Gasteiger partial charge in [-0.3, -0.25) is 5.32 Å². The topological polar surface area (TPSA) is 45.0 Å². The molecule has 0 spiro atoms. The molecule has 104 valence electrons. The standard InChI is InChI=1S/C15H21FN2O/c1-5-18-15(4,10-17)9-12(3)19-13-8-6-7-11(2)14(13)16/h6-8,12,18H,5,9H2,1-4H3.